The lowest BCUT2D eigenvalue weighted by molar-refractivity contribution is -0.112. The van der Waals surface area contributed by atoms with Gasteiger partial charge in [-0.15, -0.1) is 0 Å². The van der Waals surface area contributed by atoms with Crippen molar-refractivity contribution in [2.75, 3.05) is 17.3 Å². The molecule has 29 heavy (non-hydrogen) atoms. The van der Waals surface area contributed by atoms with Gasteiger partial charge in [0.1, 0.15) is 17.5 Å². The van der Waals surface area contributed by atoms with E-state index in [1.165, 1.54) is 30.3 Å². The second kappa shape index (κ2) is 7.73. The average Bonchev–Trinajstić information content (AvgIpc) is 2.66. The van der Waals surface area contributed by atoms with Crippen molar-refractivity contribution in [3.63, 3.8) is 0 Å². The van der Waals surface area contributed by atoms with Crippen LogP contribution in [0.1, 0.15) is 31.9 Å². The number of hydrogen-bond donors (Lipinski definition) is 1. The van der Waals surface area contributed by atoms with Crippen LogP contribution in [0.25, 0.3) is 11.6 Å². The molecule has 1 N–H and O–H groups in total. The molecule has 0 saturated carbocycles. The van der Waals surface area contributed by atoms with Crippen molar-refractivity contribution in [2.45, 2.75) is 26.3 Å². The first-order valence-electron chi connectivity index (χ1n) is 9.08. The van der Waals surface area contributed by atoms with E-state index in [4.69, 9.17) is 11.6 Å². The molecule has 0 spiro atoms. The molecule has 2 aromatic rings. The molecule has 1 amide bonds. The number of likely N-dealkylation sites (N-methyl/N-ethyl adjacent to an activating group) is 1. The topological polar surface area (TPSA) is 56.1 Å². The van der Waals surface area contributed by atoms with Crippen LogP contribution in [0.3, 0.4) is 0 Å². The summed E-state index contributed by atoms with van der Waals surface area (Å²) in [6, 6.07) is 11.0. The Labute approximate surface area is 174 Å². The van der Waals surface area contributed by atoms with Crippen LogP contribution in [0.15, 0.2) is 48.0 Å². The summed E-state index contributed by atoms with van der Waals surface area (Å²) in [6.45, 7) is 6.27. The summed E-state index contributed by atoms with van der Waals surface area (Å²) in [5, 5.41) is 12.5. The maximum atomic E-state index is 13.0. The van der Waals surface area contributed by atoms with Gasteiger partial charge in [-0.2, -0.15) is 5.26 Å². The van der Waals surface area contributed by atoms with E-state index in [0.29, 0.717) is 16.3 Å². The molecule has 0 aromatic heterocycles. The summed E-state index contributed by atoms with van der Waals surface area (Å²) in [5.41, 5.74) is 3.83. The number of anilines is 2. The van der Waals surface area contributed by atoms with Gasteiger partial charge in [0.2, 0.25) is 0 Å². The summed E-state index contributed by atoms with van der Waals surface area (Å²) in [5.74, 6) is -0.991. The molecule has 0 bridgehead atoms. The molecule has 0 atom stereocenters. The van der Waals surface area contributed by atoms with E-state index in [-0.39, 0.29) is 11.1 Å². The van der Waals surface area contributed by atoms with E-state index in [1.54, 1.807) is 0 Å². The molecule has 0 unspecified atom stereocenters. The quantitative estimate of drug-likeness (QED) is 0.526. The number of halogens is 2. The smallest absolute Gasteiger partial charge is 0.266 e. The van der Waals surface area contributed by atoms with Crippen LogP contribution in [-0.2, 0) is 4.79 Å². The fourth-order valence-electron chi connectivity index (χ4n) is 3.33. The second-order valence-corrected chi connectivity index (χ2v) is 7.97. The minimum absolute atomic E-state index is 0.0951. The van der Waals surface area contributed by atoms with Gasteiger partial charge in [-0.1, -0.05) is 17.7 Å². The zero-order valence-electron chi connectivity index (χ0n) is 16.7. The summed E-state index contributed by atoms with van der Waals surface area (Å²) in [4.78, 5) is 14.6. The zero-order chi connectivity index (χ0) is 21.3. The van der Waals surface area contributed by atoms with Crippen molar-refractivity contribution in [3.8, 4) is 6.07 Å². The molecular formula is C23H21ClFN3O. The Morgan fingerprint density at radius 2 is 1.93 bits per heavy atom. The molecule has 1 aliphatic heterocycles. The van der Waals surface area contributed by atoms with Gasteiger partial charge >= 0.3 is 0 Å². The molecule has 0 aliphatic carbocycles. The van der Waals surface area contributed by atoms with Crippen LogP contribution in [0.4, 0.5) is 15.8 Å². The van der Waals surface area contributed by atoms with Crippen molar-refractivity contribution in [3.05, 3.63) is 70.0 Å². The fourth-order valence-corrected chi connectivity index (χ4v) is 3.55. The first-order chi connectivity index (χ1) is 13.6. The highest BCUT2D eigenvalue weighted by Crippen LogP contribution is 2.40. The number of nitrogens with one attached hydrogen (secondary N) is 1. The number of amides is 1. The lowest BCUT2D eigenvalue weighted by Gasteiger charge is -2.40. The third-order valence-corrected chi connectivity index (χ3v) is 5.43. The number of fused-ring (bicyclic) bond motifs is 1. The first kappa shape index (κ1) is 20.6. The van der Waals surface area contributed by atoms with Gasteiger partial charge in [0.05, 0.1) is 5.54 Å². The van der Waals surface area contributed by atoms with Gasteiger partial charge in [0.15, 0.2) is 0 Å². The Kier molecular flexibility index (Phi) is 5.50. The number of nitrogens with zero attached hydrogens (tertiary/aromatic N) is 2. The van der Waals surface area contributed by atoms with E-state index in [0.717, 1.165) is 16.8 Å². The molecule has 2 aromatic carbocycles. The molecule has 0 fully saturated rings. The molecule has 1 aliphatic rings. The number of nitriles is 1. The van der Waals surface area contributed by atoms with Crippen LogP contribution in [0.2, 0.25) is 5.02 Å². The lowest BCUT2D eigenvalue weighted by atomic mass is 9.88. The Balaban J connectivity index is 1.96. The monoisotopic (exact) mass is 409 g/mol. The van der Waals surface area contributed by atoms with Gasteiger partial charge < -0.3 is 10.2 Å². The standard InChI is InChI=1S/C23H21ClFN3O/c1-14-12-23(2,3)28(4)21-11-20(24)15(10-19(14)21)9-16(13-26)22(29)27-18-7-5-17(25)6-8-18/h5-12H,1-4H3,(H,27,29)/b16-9-. The van der Waals surface area contributed by atoms with Crippen LogP contribution in [0.5, 0.6) is 0 Å². The van der Waals surface area contributed by atoms with Gasteiger partial charge in [0.25, 0.3) is 5.91 Å². The Morgan fingerprint density at radius 1 is 1.28 bits per heavy atom. The number of rotatable bonds is 3. The summed E-state index contributed by atoms with van der Waals surface area (Å²) in [7, 11) is 2.00. The normalized spacial score (nSPS) is 15.3. The Hall–Kier alpha value is -3.10. The van der Waals surface area contributed by atoms with Crippen LogP contribution >= 0.6 is 11.6 Å². The number of carbonyl (C=O) groups excluding carboxylic acids is 1. The number of benzene rings is 2. The molecule has 6 heteroatoms. The van der Waals surface area contributed by atoms with E-state index < -0.39 is 11.7 Å². The molecule has 3 rings (SSSR count). The van der Waals surface area contributed by atoms with E-state index in [9.17, 15) is 14.4 Å². The highest BCUT2D eigenvalue weighted by atomic mass is 35.5. The van der Waals surface area contributed by atoms with Crippen molar-refractivity contribution >= 4 is 40.5 Å². The van der Waals surface area contributed by atoms with Crippen LogP contribution in [-0.4, -0.2) is 18.5 Å². The SMILES string of the molecule is CC1=CC(C)(C)N(C)c2cc(Cl)c(/C=C(/C#N)C(=O)Nc3ccc(F)cc3)cc21. The zero-order valence-corrected chi connectivity index (χ0v) is 17.4. The largest absolute Gasteiger partial charge is 0.365 e. The number of hydrogen-bond acceptors (Lipinski definition) is 3. The molecule has 1 heterocycles. The summed E-state index contributed by atoms with van der Waals surface area (Å²) in [6.07, 6.45) is 3.64. The van der Waals surface area contributed by atoms with Crippen molar-refractivity contribution in [2.24, 2.45) is 0 Å². The summed E-state index contributed by atoms with van der Waals surface area (Å²) >= 11 is 6.48. The predicted molar refractivity (Wildman–Crippen MR) is 116 cm³/mol. The first-order valence-corrected chi connectivity index (χ1v) is 9.46. The minimum atomic E-state index is -0.585. The Morgan fingerprint density at radius 3 is 2.55 bits per heavy atom. The van der Waals surface area contributed by atoms with Gasteiger partial charge in [-0.05, 0) is 74.4 Å². The van der Waals surface area contributed by atoms with E-state index in [2.05, 4.69) is 30.1 Å². The third kappa shape index (κ3) is 4.18. The van der Waals surface area contributed by atoms with Gasteiger partial charge in [-0.25, -0.2) is 4.39 Å². The van der Waals surface area contributed by atoms with Crippen molar-refractivity contribution in [1.29, 1.82) is 5.26 Å². The van der Waals surface area contributed by atoms with Gasteiger partial charge in [0, 0.05) is 29.0 Å². The fraction of sp³-hybridized carbons (Fsp3) is 0.217. The van der Waals surface area contributed by atoms with Crippen LogP contribution < -0.4 is 10.2 Å². The van der Waals surface area contributed by atoms with Crippen LogP contribution in [0, 0.1) is 17.1 Å². The van der Waals surface area contributed by atoms with Gasteiger partial charge in [-0.3, -0.25) is 4.79 Å². The third-order valence-electron chi connectivity index (χ3n) is 5.10. The number of allylic oxidation sites excluding steroid dienone is 1. The molecule has 4 nitrogen and oxygen atoms in total. The summed E-state index contributed by atoms with van der Waals surface area (Å²) < 4.78 is 13.0. The highest BCUT2D eigenvalue weighted by Gasteiger charge is 2.29. The van der Waals surface area contributed by atoms with E-state index >= 15 is 0 Å². The average molecular weight is 410 g/mol. The highest BCUT2D eigenvalue weighted by molar-refractivity contribution is 6.32. The molecule has 148 valence electrons. The maximum Gasteiger partial charge on any atom is 0.266 e. The van der Waals surface area contributed by atoms with Crippen molar-refractivity contribution < 1.29 is 9.18 Å². The Bertz CT molecular complexity index is 1080. The lowest BCUT2D eigenvalue weighted by Crippen LogP contribution is -2.42. The minimum Gasteiger partial charge on any atom is -0.365 e. The molecule has 0 radical (unpaired) electrons. The van der Waals surface area contributed by atoms with E-state index in [1.807, 2.05) is 32.2 Å². The predicted octanol–water partition coefficient (Wildman–Crippen LogP) is 5.66. The molecular weight excluding hydrogens is 389 g/mol. The number of carbonyl (C=O) groups is 1. The van der Waals surface area contributed by atoms with Crippen molar-refractivity contribution in [1.82, 2.24) is 0 Å². The maximum absolute atomic E-state index is 13.0. The second-order valence-electron chi connectivity index (χ2n) is 7.56. The molecule has 0 saturated heterocycles.